The van der Waals surface area contributed by atoms with Crippen molar-refractivity contribution < 1.29 is 13.9 Å². The highest BCUT2D eigenvalue weighted by atomic mass is 16.5. The molecular weight excluding hydrogens is 446 g/mol. The van der Waals surface area contributed by atoms with Crippen molar-refractivity contribution in [2.75, 3.05) is 0 Å². The van der Waals surface area contributed by atoms with Crippen molar-refractivity contribution in [3.8, 4) is 5.75 Å². The van der Waals surface area contributed by atoms with Crippen LogP contribution in [0.5, 0.6) is 5.75 Å². The number of esters is 1. The van der Waals surface area contributed by atoms with E-state index < -0.39 is 0 Å². The van der Waals surface area contributed by atoms with Crippen LogP contribution in [0.4, 0.5) is 0 Å². The number of hydrogen-bond donors (Lipinski definition) is 0. The Morgan fingerprint density at radius 3 is 2.31 bits per heavy atom. The van der Waals surface area contributed by atoms with Gasteiger partial charge >= 0.3 is 5.97 Å². The molecule has 1 aromatic heterocycles. The van der Waals surface area contributed by atoms with E-state index in [-0.39, 0.29) is 11.9 Å². The minimum atomic E-state index is -0.181. The van der Waals surface area contributed by atoms with Crippen LogP contribution >= 0.6 is 0 Å². The SMILES string of the molecule is CCC(=O)Oc1cccc2c1CCC(Cc1nc(C(c3ccccc3)c3ccccc3)oc1CC)C2. The number of rotatable bonds is 8. The fraction of sp³-hybridized carbons (Fsp3) is 0.312. The van der Waals surface area contributed by atoms with Crippen molar-refractivity contribution in [3.63, 3.8) is 0 Å². The molecule has 1 heterocycles. The Hall–Kier alpha value is -3.66. The standard InChI is InChI=1S/C32H33NO3/c1-3-28-27(21-22-18-19-26-25(20-22)16-11-17-29(26)35-30(34)4-2)33-32(36-28)31(23-12-7-5-8-13-23)24-14-9-6-10-15-24/h5-17,22,31H,3-4,18-21H2,1-2H3. The lowest BCUT2D eigenvalue weighted by Crippen LogP contribution is -2.19. The molecule has 0 fully saturated rings. The largest absolute Gasteiger partial charge is 0.444 e. The number of ether oxygens (including phenoxy) is 1. The van der Waals surface area contributed by atoms with Gasteiger partial charge < -0.3 is 9.15 Å². The number of nitrogens with zero attached hydrogens (tertiary/aromatic N) is 1. The lowest BCUT2D eigenvalue weighted by Gasteiger charge is -2.25. The maximum absolute atomic E-state index is 11.9. The van der Waals surface area contributed by atoms with Gasteiger partial charge in [0.2, 0.25) is 5.89 Å². The van der Waals surface area contributed by atoms with Gasteiger partial charge in [-0.2, -0.15) is 0 Å². The normalized spacial score (nSPS) is 15.0. The molecule has 36 heavy (non-hydrogen) atoms. The van der Waals surface area contributed by atoms with Crippen LogP contribution in [0.3, 0.4) is 0 Å². The topological polar surface area (TPSA) is 52.3 Å². The van der Waals surface area contributed by atoms with Gasteiger partial charge in [0, 0.05) is 12.8 Å². The maximum atomic E-state index is 11.9. The monoisotopic (exact) mass is 479 g/mol. The molecule has 0 saturated heterocycles. The number of aromatic nitrogens is 1. The zero-order valence-corrected chi connectivity index (χ0v) is 21.1. The third-order valence-corrected chi connectivity index (χ3v) is 7.16. The molecule has 0 amide bonds. The van der Waals surface area contributed by atoms with Gasteiger partial charge in [0.05, 0.1) is 11.6 Å². The Bertz CT molecular complexity index is 1270. The van der Waals surface area contributed by atoms with Crippen molar-refractivity contribution in [3.05, 3.63) is 118 Å². The number of carbonyl (C=O) groups excluding carboxylic acids is 1. The number of carbonyl (C=O) groups is 1. The molecular formula is C32H33NO3. The minimum Gasteiger partial charge on any atom is -0.444 e. The summed E-state index contributed by atoms with van der Waals surface area (Å²) in [4.78, 5) is 17.0. The highest BCUT2D eigenvalue weighted by Crippen LogP contribution is 2.36. The predicted octanol–water partition coefficient (Wildman–Crippen LogP) is 7.08. The number of aryl methyl sites for hydroxylation is 1. The molecule has 4 heteroatoms. The van der Waals surface area contributed by atoms with Crippen molar-refractivity contribution in [2.24, 2.45) is 5.92 Å². The zero-order valence-electron chi connectivity index (χ0n) is 21.1. The molecule has 1 atom stereocenters. The second-order valence-corrected chi connectivity index (χ2v) is 9.56. The summed E-state index contributed by atoms with van der Waals surface area (Å²) in [6, 6.07) is 27.0. The van der Waals surface area contributed by atoms with E-state index in [1.54, 1.807) is 0 Å². The summed E-state index contributed by atoms with van der Waals surface area (Å²) in [5.74, 6) is 2.74. The molecule has 4 nitrogen and oxygen atoms in total. The van der Waals surface area contributed by atoms with Gasteiger partial charge in [-0.1, -0.05) is 86.6 Å². The summed E-state index contributed by atoms with van der Waals surface area (Å²) >= 11 is 0. The Morgan fingerprint density at radius 2 is 1.67 bits per heavy atom. The van der Waals surface area contributed by atoms with Crippen molar-refractivity contribution >= 4 is 5.97 Å². The summed E-state index contributed by atoms with van der Waals surface area (Å²) in [7, 11) is 0. The van der Waals surface area contributed by atoms with Crippen LogP contribution in [-0.2, 0) is 30.5 Å². The van der Waals surface area contributed by atoms with E-state index in [0.717, 1.165) is 55.2 Å². The van der Waals surface area contributed by atoms with Crippen LogP contribution < -0.4 is 4.74 Å². The van der Waals surface area contributed by atoms with E-state index in [9.17, 15) is 4.79 Å². The molecule has 0 saturated carbocycles. The first-order chi connectivity index (χ1) is 17.7. The van der Waals surface area contributed by atoms with E-state index in [1.165, 1.54) is 22.3 Å². The van der Waals surface area contributed by atoms with Gasteiger partial charge in [0.25, 0.3) is 0 Å². The first-order valence-electron chi connectivity index (χ1n) is 13.1. The van der Waals surface area contributed by atoms with E-state index in [1.807, 2.05) is 31.2 Å². The number of hydrogen-bond acceptors (Lipinski definition) is 4. The van der Waals surface area contributed by atoms with Crippen LogP contribution in [0.2, 0.25) is 0 Å². The smallest absolute Gasteiger partial charge is 0.310 e. The Labute approximate surface area is 213 Å². The quantitative estimate of drug-likeness (QED) is 0.200. The first kappa shape index (κ1) is 24.1. The first-order valence-corrected chi connectivity index (χ1v) is 13.1. The maximum Gasteiger partial charge on any atom is 0.310 e. The Kier molecular flexibility index (Phi) is 7.31. The van der Waals surface area contributed by atoms with Gasteiger partial charge in [-0.05, 0) is 59.9 Å². The number of oxazole rings is 1. The molecule has 0 bridgehead atoms. The molecule has 184 valence electrons. The van der Waals surface area contributed by atoms with E-state index in [4.69, 9.17) is 14.1 Å². The number of benzene rings is 3. The molecule has 0 aliphatic heterocycles. The molecule has 1 aliphatic carbocycles. The van der Waals surface area contributed by atoms with Gasteiger partial charge in [-0.3, -0.25) is 4.79 Å². The highest BCUT2D eigenvalue weighted by molar-refractivity contribution is 5.72. The van der Waals surface area contributed by atoms with Crippen molar-refractivity contribution in [2.45, 2.75) is 58.3 Å². The lowest BCUT2D eigenvalue weighted by atomic mass is 9.81. The average Bonchev–Trinajstić information content (AvgIpc) is 3.32. The lowest BCUT2D eigenvalue weighted by molar-refractivity contribution is -0.134. The van der Waals surface area contributed by atoms with Gasteiger partial charge in [0.15, 0.2) is 0 Å². The molecule has 0 radical (unpaired) electrons. The van der Waals surface area contributed by atoms with Crippen LogP contribution in [0.25, 0.3) is 0 Å². The van der Waals surface area contributed by atoms with Crippen molar-refractivity contribution in [1.82, 2.24) is 4.98 Å². The molecule has 5 rings (SSSR count). The zero-order chi connectivity index (χ0) is 24.9. The second-order valence-electron chi connectivity index (χ2n) is 9.56. The minimum absolute atomic E-state index is 0.0330. The molecule has 0 N–H and O–H groups in total. The third kappa shape index (κ3) is 5.13. The van der Waals surface area contributed by atoms with E-state index in [2.05, 4.69) is 61.5 Å². The van der Waals surface area contributed by atoms with Gasteiger partial charge in [-0.25, -0.2) is 4.98 Å². The summed E-state index contributed by atoms with van der Waals surface area (Å²) in [6.45, 7) is 3.96. The fourth-order valence-corrected chi connectivity index (χ4v) is 5.32. The summed E-state index contributed by atoms with van der Waals surface area (Å²) in [5, 5.41) is 0. The second kappa shape index (κ2) is 10.9. The molecule has 0 spiro atoms. The van der Waals surface area contributed by atoms with Gasteiger partial charge in [-0.15, -0.1) is 0 Å². The predicted molar refractivity (Wildman–Crippen MR) is 141 cm³/mol. The van der Waals surface area contributed by atoms with Crippen LogP contribution in [-0.4, -0.2) is 11.0 Å². The average molecular weight is 480 g/mol. The van der Waals surface area contributed by atoms with E-state index >= 15 is 0 Å². The van der Waals surface area contributed by atoms with Crippen molar-refractivity contribution in [1.29, 1.82) is 0 Å². The highest BCUT2D eigenvalue weighted by Gasteiger charge is 2.27. The van der Waals surface area contributed by atoms with Crippen LogP contribution in [0, 0.1) is 5.92 Å². The van der Waals surface area contributed by atoms with Crippen LogP contribution in [0.1, 0.15) is 72.2 Å². The molecule has 1 unspecified atom stereocenters. The third-order valence-electron chi connectivity index (χ3n) is 7.16. The molecule has 4 aromatic rings. The fourth-order valence-electron chi connectivity index (χ4n) is 5.32. The number of fused-ring (bicyclic) bond motifs is 1. The molecule has 1 aliphatic rings. The summed E-state index contributed by atoms with van der Waals surface area (Å²) < 4.78 is 12.1. The van der Waals surface area contributed by atoms with Crippen LogP contribution in [0.15, 0.2) is 83.3 Å². The summed E-state index contributed by atoms with van der Waals surface area (Å²) in [5.41, 5.74) is 5.90. The molecule has 3 aromatic carbocycles. The summed E-state index contributed by atoms with van der Waals surface area (Å²) in [6.07, 6.45) is 5.00. The Balaban J connectivity index is 1.40. The Morgan fingerprint density at radius 1 is 0.972 bits per heavy atom. The van der Waals surface area contributed by atoms with Gasteiger partial charge in [0.1, 0.15) is 11.5 Å². The van der Waals surface area contributed by atoms with E-state index in [0.29, 0.717) is 12.3 Å².